The van der Waals surface area contributed by atoms with E-state index >= 15 is 0 Å². The smallest absolute Gasteiger partial charge is 0.260 e. The lowest BCUT2D eigenvalue weighted by molar-refractivity contribution is 0.0986. The fourth-order valence-electron chi connectivity index (χ4n) is 3.05. The van der Waals surface area contributed by atoms with Crippen LogP contribution in [0.5, 0.6) is 0 Å². The van der Waals surface area contributed by atoms with Gasteiger partial charge in [0, 0.05) is 35.5 Å². The molecule has 29 heavy (non-hydrogen) atoms. The molecule has 1 amide bonds. The Morgan fingerprint density at radius 3 is 2.86 bits per heavy atom. The summed E-state index contributed by atoms with van der Waals surface area (Å²) >= 11 is 5.05. The molecule has 2 heterocycles. The van der Waals surface area contributed by atoms with Crippen LogP contribution in [0.15, 0.2) is 65.7 Å². The zero-order valence-electron chi connectivity index (χ0n) is 15.8. The van der Waals surface area contributed by atoms with Gasteiger partial charge in [0.05, 0.1) is 16.5 Å². The first-order valence-electron chi connectivity index (χ1n) is 9.00. The van der Waals surface area contributed by atoms with E-state index in [4.69, 9.17) is 4.98 Å². The van der Waals surface area contributed by atoms with Crippen molar-refractivity contribution in [1.29, 1.82) is 0 Å². The summed E-state index contributed by atoms with van der Waals surface area (Å²) in [5.41, 5.74) is 2.65. The quantitative estimate of drug-likeness (QED) is 0.346. The van der Waals surface area contributed by atoms with E-state index in [1.165, 1.54) is 11.3 Å². The van der Waals surface area contributed by atoms with E-state index in [0.717, 1.165) is 38.3 Å². The van der Waals surface area contributed by atoms with Gasteiger partial charge in [-0.05, 0) is 43.7 Å². The zero-order valence-corrected chi connectivity index (χ0v) is 19.0. The molecule has 2 aromatic carbocycles. The Morgan fingerprint density at radius 2 is 2.10 bits per heavy atom. The number of amides is 1. The minimum atomic E-state index is -0.0209. The molecule has 0 spiro atoms. The molecule has 0 saturated heterocycles. The summed E-state index contributed by atoms with van der Waals surface area (Å²) in [7, 11) is 0. The number of carbonyl (C=O) groups excluding carboxylic acids is 1. The summed E-state index contributed by atoms with van der Waals surface area (Å²) in [6, 6.07) is 13.7. The highest BCUT2D eigenvalue weighted by atomic mass is 79.9. The Balaban J connectivity index is 0.00000240. The van der Waals surface area contributed by atoms with Crippen LogP contribution in [0, 0.1) is 6.92 Å². The van der Waals surface area contributed by atoms with Crippen molar-refractivity contribution >= 4 is 60.9 Å². The van der Waals surface area contributed by atoms with Gasteiger partial charge in [0.1, 0.15) is 0 Å². The largest absolute Gasteiger partial charge is 0.337 e. The second kappa shape index (κ2) is 9.52. The summed E-state index contributed by atoms with van der Waals surface area (Å²) in [5, 5.41) is 0.727. The first-order chi connectivity index (χ1) is 13.6. The number of nitrogens with zero attached hydrogens (tertiary/aromatic N) is 4. The molecule has 2 aromatic heterocycles. The topological polar surface area (TPSA) is 51.0 Å². The number of anilines is 1. The molecule has 0 fully saturated rings. The Hall–Kier alpha value is -2.22. The molecule has 4 aromatic rings. The van der Waals surface area contributed by atoms with Gasteiger partial charge < -0.3 is 4.57 Å². The van der Waals surface area contributed by atoms with Crippen molar-refractivity contribution in [3.8, 4) is 0 Å². The van der Waals surface area contributed by atoms with Crippen molar-refractivity contribution in [3.63, 3.8) is 0 Å². The highest BCUT2D eigenvalue weighted by molar-refractivity contribution is 9.10. The van der Waals surface area contributed by atoms with Crippen LogP contribution in [0.4, 0.5) is 5.13 Å². The monoisotopic (exact) mass is 490 g/mol. The third-order valence-electron chi connectivity index (χ3n) is 4.44. The molecule has 0 unspecified atom stereocenters. The van der Waals surface area contributed by atoms with E-state index in [1.54, 1.807) is 17.4 Å². The third-order valence-corrected chi connectivity index (χ3v) is 5.97. The molecule has 5 nitrogen and oxygen atoms in total. The van der Waals surface area contributed by atoms with Gasteiger partial charge in [-0.1, -0.05) is 45.0 Å². The number of aryl methyl sites for hydroxylation is 2. The van der Waals surface area contributed by atoms with Crippen LogP contribution < -0.4 is 4.90 Å². The van der Waals surface area contributed by atoms with Crippen LogP contribution in [-0.2, 0) is 6.54 Å². The molecule has 0 bridgehead atoms. The van der Waals surface area contributed by atoms with Crippen molar-refractivity contribution in [2.45, 2.75) is 19.9 Å². The van der Waals surface area contributed by atoms with Crippen LogP contribution in [0.3, 0.4) is 0 Å². The highest BCUT2D eigenvalue weighted by Gasteiger charge is 2.21. The first kappa shape index (κ1) is 21.5. The molecule has 0 atom stereocenters. The van der Waals surface area contributed by atoms with Crippen LogP contribution in [-0.4, -0.2) is 27.0 Å². The van der Waals surface area contributed by atoms with E-state index in [2.05, 4.69) is 20.9 Å². The van der Waals surface area contributed by atoms with E-state index in [-0.39, 0.29) is 18.3 Å². The molecule has 0 aliphatic heterocycles. The molecule has 0 N–H and O–H groups in total. The first-order valence-corrected chi connectivity index (χ1v) is 10.6. The lowest BCUT2D eigenvalue weighted by Gasteiger charge is -2.20. The van der Waals surface area contributed by atoms with Crippen LogP contribution in [0.1, 0.15) is 22.3 Å². The molecule has 8 heteroatoms. The molecule has 0 aliphatic rings. The van der Waals surface area contributed by atoms with Crippen molar-refractivity contribution in [2.24, 2.45) is 0 Å². The Morgan fingerprint density at radius 1 is 1.24 bits per heavy atom. The Bertz CT molecular complexity index is 1110. The van der Waals surface area contributed by atoms with Gasteiger partial charge in [-0.25, -0.2) is 9.97 Å². The van der Waals surface area contributed by atoms with E-state index < -0.39 is 0 Å². The maximum atomic E-state index is 13.3. The summed E-state index contributed by atoms with van der Waals surface area (Å²) < 4.78 is 4.08. The van der Waals surface area contributed by atoms with Crippen molar-refractivity contribution in [1.82, 2.24) is 14.5 Å². The number of fused-ring (bicyclic) bond motifs is 1. The molecule has 0 radical (unpaired) electrons. The fraction of sp³-hybridized carbons (Fsp3) is 0.190. The average Bonchev–Trinajstić information content (AvgIpc) is 3.34. The number of halogens is 2. The molecule has 0 saturated carbocycles. The minimum Gasteiger partial charge on any atom is -0.337 e. The second-order valence-electron chi connectivity index (χ2n) is 6.59. The van der Waals surface area contributed by atoms with Crippen molar-refractivity contribution in [2.75, 3.05) is 11.4 Å². The van der Waals surface area contributed by atoms with Gasteiger partial charge >= 0.3 is 0 Å². The lowest BCUT2D eigenvalue weighted by Crippen LogP contribution is -2.32. The number of hydrogen-bond acceptors (Lipinski definition) is 4. The van der Waals surface area contributed by atoms with Gasteiger partial charge in [-0.2, -0.15) is 0 Å². The summed E-state index contributed by atoms with van der Waals surface area (Å²) in [4.78, 5) is 23.9. The predicted octanol–water partition coefficient (Wildman–Crippen LogP) is 5.72. The third kappa shape index (κ3) is 5.04. The van der Waals surface area contributed by atoms with E-state index in [9.17, 15) is 4.79 Å². The number of imidazole rings is 1. The average molecular weight is 492 g/mol. The minimum absolute atomic E-state index is 0. The second-order valence-corrected chi connectivity index (χ2v) is 8.51. The molecular weight excluding hydrogens is 472 g/mol. The van der Waals surface area contributed by atoms with E-state index in [0.29, 0.717) is 12.1 Å². The van der Waals surface area contributed by atoms with Gasteiger partial charge in [0.15, 0.2) is 5.13 Å². The van der Waals surface area contributed by atoms with Crippen LogP contribution >= 0.6 is 39.7 Å². The van der Waals surface area contributed by atoms with Gasteiger partial charge in [0.2, 0.25) is 0 Å². The lowest BCUT2D eigenvalue weighted by atomic mass is 10.1. The van der Waals surface area contributed by atoms with Gasteiger partial charge in [-0.3, -0.25) is 9.69 Å². The predicted molar refractivity (Wildman–Crippen MR) is 124 cm³/mol. The van der Waals surface area contributed by atoms with E-state index in [1.807, 2.05) is 60.2 Å². The number of benzene rings is 2. The van der Waals surface area contributed by atoms with Gasteiger partial charge in [0.25, 0.3) is 5.91 Å². The molecular formula is C21H20BrClN4OS. The highest BCUT2D eigenvalue weighted by Crippen LogP contribution is 2.31. The number of thiazole rings is 1. The summed E-state index contributed by atoms with van der Waals surface area (Å²) in [6.45, 7) is 3.38. The van der Waals surface area contributed by atoms with Crippen molar-refractivity contribution in [3.05, 3.63) is 76.8 Å². The zero-order chi connectivity index (χ0) is 19.5. The number of rotatable bonds is 6. The van der Waals surface area contributed by atoms with Crippen molar-refractivity contribution < 1.29 is 4.79 Å². The molecule has 150 valence electrons. The van der Waals surface area contributed by atoms with Crippen LogP contribution in [0.25, 0.3) is 10.2 Å². The normalized spacial score (nSPS) is 10.7. The summed E-state index contributed by atoms with van der Waals surface area (Å²) in [6.07, 6.45) is 6.30. The SMILES string of the molecule is Cc1cccc(C(=O)N(CCCn2ccnc2)c2nc3ccc(Br)cc3s2)c1.Cl. The summed E-state index contributed by atoms with van der Waals surface area (Å²) in [5.74, 6) is -0.0209. The number of hydrogen-bond donors (Lipinski definition) is 0. The number of aromatic nitrogens is 3. The molecule has 0 aliphatic carbocycles. The van der Waals surface area contributed by atoms with Gasteiger partial charge in [-0.15, -0.1) is 12.4 Å². The molecule has 4 rings (SSSR count). The Kier molecular flexibility index (Phi) is 7.05. The Labute approximate surface area is 187 Å². The fourth-order valence-corrected chi connectivity index (χ4v) is 4.59. The van der Waals surface area contributed by atoms with Crippen LogP contribution in [0.2, 0.25) is 0 Å². The standard InChI is InChI=1S/C21H19BrN4OS.ClH/c1-15-4-2-5-16(12-15)20(27)26(10-3-9-25-11-8-23-14-25)21-24-18-7-6-17(22)13-19(18)28-21;/h2,4-8,11-14H,3,9-10H2,1H3;1H. The maximum absolute atomic E-state index is 13.3. The number of carbonyl (C=O) groups is 1. The maximum Gasteiger partial charge on any atom is 0.260 e.